The number of benzene rings is 1. The van der Waals surface area contributed by atoms with Crippen LogP contribution in [0.25, 0.3) is 0 Å². The lowest BCUT2D eigenvalue weighted by atomic mass is 10.2. The molecule has 7 heteroatoms. The van der Waals surface area contributed by atoms with Crippen molar-refractivity contribution in [3.05, 3.63) is 58.8 Å². The van der Waals surface area contributed by atoms with Crippen LogP contribution in [0.2, 0.25) is 0 Å². The van der Waals surface area contributed by atoms with Gasteiger partial charge in [0.05, 0.1) is 12.2 Å². The molecule has 2 heterocycles. The zero-order valence-electron chi connectivity index (χ0n) is 13.7. The van der Waals surface area contributed by atoms with E-state index >= 15 is 0 Å². The number of halogens is 1. The van der Waals surface area contributed by atoms with Gasteiger partial charge in [-0.25, -0.2) is 4.79 Å². The molecule has 1 aliphatic heterocycles. The molecule has 1 atom stereocenters. The number of nitrogens with one attached hydrogen (secondary N) is 1. The molecule has 1 aliphatic rings. The molecular formula is C18H20BrN3O3. The van der Waals surface area contributed by atoms with Crippen LogP contribution in [0, 0.1) is 0 Å². The molecule has 1 aromatic heterocycles. The summed E-state index contributed by atoms with van der Waals surface area (Å²) in [4.78, 5) is 18.2. The summed E-state index contributed by atoms with van der Waals surface area (Å²) < 4.78 is 12.2. The average molecular weight is 406 g/mol. The van der Waals surface area contributed by atoms with Gasteiger partial charge < -0.3 is 14.8 Å². The Morgan fingerprint density at radius 2 is 2.16 bits per heavy atom. The predicted octanol–water partition coefficient (Wildman–Crippen LogP) is 2.83. The Bertz CT molecular complexity index is 682. The summed E-state index contributed by atoms with van der Waals surface area (Å²) >= 11 is 3.39. The van der Waals surface area contributed by atoms with Gasteiger partial charge in [0.25, 0.3) is 0 Å². The maximum Gasteiger partial charge on any atom is 0.410 e. The van der Waals surface area contributed by atoms with Crippen molar-refractivity contribution in [1.82, 2.24) is 15.2 Å². The smallest absolute Gasteiger partial charge is 0.410 e. The summed E-state index contributed by atoms with van der Waals surface area (Å²) in [5.41, 5.74) is 0.954. The minimum atomic E-state index is -0.316. The zero-order chi connectivity index (χ0) is 17.5. The summed E-state index contributed by atoms with van der Waals surface area (Å²) in [6.07, 6.45) is 3.04. The monoisotopic (exact) mass is 405 g/mol. The second-order valence-corrected chi connectivity index (χ2v) is 6.65. The molecule has 1 amide bonds. The number of ether oxygens (including phenoxy) is 2. The van der Waals surface area contributed by atoms with Gasteiger partial charge in [-0.3, -0.25) is 9.88 Å². The van der Waals surface area contributed by atoms with Crippen LogP contribution >= 0.6 is 15.9 Å². The Morgan fingerprint density at radius 3 is 2.92 bits per heavy atom. The normalized spacial score (nSPS) is 17.2. The van der Waals surface area contributed by atoms with Gasteiger partial charge in [-0.05, 0) is 29.8 Å². The van der Waals surface area contributed by atoms with E-state index in [9.17, 15) is 4.79 Å². The highest BCUT2D eigenvalue weighted by Gasteiger charge is 2.28. The third kappa shape index (κ3) is 5.17. The molecule has 1 N–H and O–H groups in total. The van der Waals surface area contributed by atoms with Crippen LogP contribution in [-0.2, 0) is 11.3 Å². The van der Waals surface area contributed by atoms with Gasteiger partial charge in [0.2, 0.25) is 0 Å². The van der Waals surface area contributed by atoms with Crippen LogP contribution in [-0.4, -0.2) is 48.3 Å². The molecular weight excluding hydrogens is 386 g/mol. The Balaban J connectivity index is 1.54. The van der Waals surface area contributed by atoms with E-state index in [1.54, 1.807) is 17.3 Å². The van der Waals surface area contributed by atoms with Gasteiger partial charge in [0.15, 0.2) is 0 Å². The first-order chi connectivity index (χ1) is 12.2. The first-order valence-electron chi connectivity index (χ1n) is 8.14. The van der Waals surface area contributed by atoms with Crippen LogP contribution in [0.15, 0.2) is 53.3 Å². The minimum absolute atomic E-state index is 0.0774. The first kappa shape index (κ1) is 17.7. The van der Waals surface area contributed by atoms with Crippen molar-refractivity contribution < 1.29 is 14.3 Å². The molecule has 0 saturated carbocycles. The van der Waals surface area contributed by atoms with Gasteiger partial charge in [0, 0.05) is 30.3 Å². The van der Waals surface area contributed by atoms with E-state index < -0.39 is 0 Å². The molecule has 0 spiro atoms. The lowest BCUT2D eigenvalue weighted by molar-refractivity contribution is 0.0587. The highest BCUT2D eigenvalue weighted by molar-refractivity contribution is 9.10. The van der Waals surface area contributed by atoms with Crippen LogP contribution in [0.4, 0.5) is 4.79 Å². The van der Waals surface area contributed by atoms with Crippen LogP contribution in [0.1, 0.15) is 5.56 Å². The highest BCUT2D eigenvalue weighted by Crippen LogP contribution is 2.14. The SMILES string of the molecule is O=C(OCc1ccc(Br)cc1)N1CCNCC1COc1cccnc1. The number of amides is 1. The van der Waals surface area contributed by atoms with Gasteiger partial charge in [-0.1, -0.05) is 28.1 Å². The van der Waals surface area contributed by atoms with Crippen LogP contribution < -0.4 is 10.1 Å². The summed E-state index contributed by atoms with van der Waals surface area (Å²) in [5.74, 6) is 0.691. The number of piperazine rings is 1. The maximum atomic E-state index is 12.5. The van der Waals surface area contributed by atoms with Gasteiger partial charge >= 0.3 is 6.09 Å². The summed E-state index contributed by atoms with van der Waals surface area (Å²) in [6, 6.07) is 11.3. The Labute approximate surface area is 155 Å². The molecule has 0 bridgehead atoms. The Kier molecular flexibility index (Phi) is 6.25. The third-order valence-electron chi connectivity index (χ3n) is 3.94. The third-order valence-corrected chi connectivity index (χ3v) is 4.47. The Hall–Kier alpha value is -2.12. The Morgan fingerprint density at radius 1 is 1.32 bits per heavy atom. The van der Waals surface area contributed by atoms with Crippen molar-refractivity contribution in [3.63, 3.8) is 0 Å². The topological polar surface area (TPSA) is 63.7 Å². The fourth-order valence-electron chi connectivity index (χ4n) is 2.58. The number of aromatic nitrogens is 1. The number of hydrogen-bond donors (Lipinski definition) is 1. The van der Waals surface area contributed by atoms with Crippen LogP contribution in [0.5, 0.6) is 5.75 Å². The highest BCUT2D eigenvalue weighted by atomic mass is 79.9. The number of nitrogens with zero attached hydrogens (tertiary/aromatic N) is 2. The van der Waals surface area contributed by atoms with Crippen molar-refractivity contribution in [3.8, 4) is 5.75 Å². The first-order valence-corrected chi connectivity index (χ1v) is 8.93. The quantitative estimate of drug-likeness (QED) is 0.828. The number of carbonyl (C=O) groups excluding carboxylic acids is 1. The van der Waals surface area contributed by atoms with Crippen molar-refractivity contribution in [1.29, 1.82) is 0 Å². The van der Waals surface area contributed by atoms with Crippen molar-refractivity contribution in [2.45, 2.75) is 12.6 Å². The average Bonchev–Trinajstić information content (AvgIpc) is 2.67. The molecule has 132 valence electrons. The summed E-state index contributed by atoms with van der Waals surface area (Å²) in [5, 5.41) is 3.29. The molecule has 3 rings (SSSR count). The van der Waals surface area contributed by atoms with E-state index in [1.807, 2.05) is 36.4 Å². The van der Waals surface area contributed by atoms with E-state index in [4.69, 9.17) is 9.47 Å². The molecule has 1 aromatic carbocycles. The largest absolute Gasteiger partial charge is 0.490 e. The fourth-order valence-corrected chi connectivity index (χ4v) is 2.85. The van der Waals surface area contributed by atoms with Gasteiger partial charge in [0.1, 0.15) is 19.0 Å². The second kappa shape index (κ2) is 8.82. The van der Waals surface area contributed by atoms with Crippen molar-refractivity contribution in [2.24, 2.45) is 0 Å². The van der Waals surface area contributed by atoms with Gasteiger partial charge in [-0.15, -0.1) is 0 Å². The fraction of sp³-hybridized carbons (Fsp3) is 0.333. The van der Waals surface area contributed by atoms with E-state index in [2.05, 4.69) is 26.2 Å². The van der Waals surface area contributed by atoms with Crippen LogP contribution in [0.3, 0.4) is 0 Å². The number of pyridine rings is 1. The maximum absolute atomic E-state index is 12.5. The molecule has 1 saturated heterocycles. The standard InChI is InChI=1S/C18H20BrN3O3/c19-15-5-3-14(4-6-15)12-25-18(23)22-9-8-21-10-16(22)13-24-17-2-1-7-20-11-17/h1-7,11,16,21H,8-10,12-13H2. The second-order valence-electron chi connectivity index (χ2n) is 5.73. The van der Waals surface area contributed by atoms with E-state index in [1.165, 1.54) is 0 Å². The number of rotatable bonds is 5. The summed E-state index contributed by atoms with van der Waals surface area (Å²) in [7, 11) is 0. The lowest BCUT2D eigenvalue weighted by Gasteiger charge is -2.35. The molecule has 0 radical (unpaired) electrons. The summed E-state index contributed by atoms with van der Waals surface area (Å²) in [6.45, 7) is 2.67. The predicted molar refractivity (Wildman–Crippen MR) is 97.4 cm³/mol. The molecule has 25 heavy (non-hydrogen) atoms. The van der Waals surface area contributed by atoms with E-state index in [0.29, 0.717) is 25.4 Å². The van der Waals surface area contributed by atoms with Gasteiger partial charge in [-0.2, -0.15) is 0 Å². The van der Waals surface area contributed by atoms with E-state index in [-0.39, 0.29) is 18.7 Å². The molecule has 0 aliphatic carbocycles. The number of hydrogen-bond acceptors (Lipinski definition) is 5. The molecule has 6 nitrogen and oxygen atoms in total. The lowest BCUT2D eigenvalue weighted by Crippen LogP contribution is -2.56. The number of carbonyl (C=O) groups is 1. The van der Waals surface area contributed by atoms with E-state index in [0.717, 1.165) is 16.6 Å². The zero-order valence-corrected chi connectivity index (χ0v) is 15.3. The van der Waals surface area contributed by atoms with Crippen molar-refractivity contribution in [2.75, 3.05) is 26.2 Å². The minimum Gasteiger partial charge on any atom is -0.490 e. The molecule has 1 unspecified atom stereocenters. The molecule has 2 aromatic rings. The molecule has 1 fully saturated rings. The van der Waals surface area contributed by atoms with Crippen molar-refractivity contribution >= 4 is 22.0 Å².